The second-order valence-corrected chi connectivity index (χ2v) is 8.61. The number of phenolic OH excluding ortho intramolecular Hbond substituents is 1. The molecule has 146 valence electrons. The van der Waals surface area contributed by atoms with Crippen LogP contribution in [0.25, 0.3) is 5.69 Å². The zero-order chi connectivity index (χ0) is 20.5. The summed E-state index contributed by atoms with van der Waals surface area (Å²) in [5, 5.41) is 17.1. The smallest absolute Gasteiger partial charge is 0.259 e. The van der Waals surface area contributed by atoms with E-state index in [-0.39, 0.29) is 22.1 Å². The first-order valence-electron chi connectivity index (χ1n) is 8.73. The SMILES string of the molecule is CCS(=O)(=O)c1ccc(O)c(NC(=O)c2c(C)nn(-c3ccccc3)c2C)c1. The van der Waals surface area contributed by atoms with E-state index in [1.54, 1.807) is 18.5 Å². The van der Waals surface area contributed by atoms with Gasteiger partial charge >= 0.3 is 0 Å². The molecule has 7 nitrogen and oxygen atoms in total. The highest BCUT2D eigenvalue weighted by molar-refractivity contribution is 7.91. The van der Waals surface area contributed by atoms with E-state index < -0.39 is 15.7 Å². The van der Waals surface area contributed by atoms with Gasteiger partial charge in [-0.25, -0.2) is 13.1 Å². The maximum Gasteiger partial charge on any atom is 0.259 e. The fraction of sp³-hybridized carbons (Fsp3) is 0.200. The molecular formula is C20H21N3O4S. The highest BCUT2D eigenvalue weighted by Gasteiger charge is 2.21. The number of rotatable bonds is 5. The van der Waals surface area contributed by atoms with E-state index in [1.807, 2.05) is 30.3 Å². The average molecular weight is 399 g/mol. The summed E-state index contributed by atoms with van der Waals surface area (Å²) in [6.07, 6.45) is 0. The molecule has 2 N–H and O–H groups in total. The Balaban J connectivity index is 1.97. The third kappa shape index (κ3) is 3.63. The maximum absolute atomic E-state index is 12.9. The van der Waals surface area contributed by atoms with Gasteiger partial charge in [0.15, 0.2) is 9.84 Å². The largest absolute Gasteiger partial charge is 0.506 e. The minimum Gasteiger partial charge on any atom is -0.506 e. The molecule has 0 atom stereocenters. The first-order chi connectivity index (χ1) is 13.2. The molecule has 0 aliphatic carbocycles. The van der Waals surface area contributed by atoms with Crippen LogP contribution in [0.15, 0.2) is 53.4 Å². The summed E-state index contributed by atoms with van der Waals surface area (Å²) in [6.45, 7) is 5.03. The van der Waals surface area contributed by atoms with E-state index in [1.165, 1.54) is 25.1 Å². The van der Waals surface area contributed by atoms with Crippen LogP contribution in [-0.4, -0.2) is 35.0 Å². The van der Waals surface area contributed by atoms with Crippen LogP contribution in [0.3, 0.4) is 0 Å². The van der Waals surface area contributed by atoms with Gasteiger partial charge in [0.05, 0.1) is 39.0 Å². The van der Waals surface area contributed by atoms with Crippen LogP contribution >= 0.6 is 0 Å². The highest BCUT2D eigenvalue weighted by atomic mass is 32.2. The van der Waals surface area contributed by atoms with E-state index in [9.17, 15) is 18.3 Å². The molecule has 1 aromatic heterocycles. The van der Waals surface area contributed by atoms with Crippen LogP contribution in [0.1, 0.15) is 28.7 Å². The summed E-state index contributed by atoms with van der Waals surface area (Å²) in [7, 11) is -3.46. The Morgan fingerprint density at radius 3 is 2.46 bits per heavy atom. The number of benzene rings is 2. The Morgan fingerprint density at radius 1 is 1.14 bits per heavy atom. The number of anilines is 1. The number of hydrogen-bond donors (Lipinski definition) is 2. The molecule has 0 unspecified atom stereocenters. The van der Waals surface area contributed by atoms with E-state index in [0.717, 1.165) is 5.69 Å². The second-order valence-electron chi connectivity index (χ2n) is 6.33. The Kier molecular flexibility index (Phi) is 5.24. The van der Waals surface area contributed by atoms with Crippen molar-refractivity contribution in [1.29, 1.82) is 0 Å². The molecule has 2 aromatic carbocycles. The third-order valence-corrected chi connectivity index (χ3v) is 6.21. The normalized spacial score (nSPS) is 11.4. The molecule has 1 heterocycles. The monoisotopic (exact) mass is 399 g/mol. The number of carbonyl (C=O) groups excluding carboxylic acids is 1. The molecule has 0 spiro atoms. The zero-order valence-corrected chi connectivity index (χ0v) is 16.6. The van der Waals surface area contributed by atoms with Gasteiger partial charge in [0.25, 0.3) is 5.91 Å². The van der Waals surface area contributed by atoms with Gasteiger partial charge in [-0.2, -0.15) is 5.10 Å². The summed E-state index contributed by atoms with van der Waals surface area (Å²) in [5.74, 6) is -0.763. The Labute approximate surface area is 163 Å². The number of hydrogen-bond acceptors (Lipinski definition) is 5. The van der Waals surface area contributed by atoms with E-state index in [4.69, 9.17) is 0 Å². The summed E-state index contributed by atoms with van der Waals surface area (Å²) >= 11 is 0. The van der Waals surface area contributed by atoms with Crippen LogP contribution in [0, 0.1) is 13.8 Å². The van der Waals surface area contributed by atoms with Crippen molar-refractivity contribution in [2.75, 3.05) is 11.1 Å². The van der Waals surface area contributed by atoms with Gasteiger partial charge in [0, 0.05) is 0 Å². The van der Waals surface area contributed by atoms with Crippen LogP contribution in [0.5, 0.6) is 5.75 Å². The van der Waals surface area contributed by atoms with Crippen LogP contribution < -0.4 is 5.32 Å². The summed E-state index contributed by atoms with van der Waals surface area (Å²) in [6, 6.07) is 13.2. The van der Waals surface area contributed by atoms with Gasteiger partial charge in [-0.15, -0.1) is 0 Å². The minimum atomic E-state index is -3.46. The van der Waals surface area contributed by atoms with Gasteiger partial charge in [-0.3, -0.25) is 4.79 Å². The van der Waals surface area contributed by atoms with Crippen molar-refractivity contribution >= 4 is 21.4 Å². The summed E-state index contributed by atoms with van der Waals surface area (Å²) in [4.78, 5) is 12.9. The lowest BCUT2D eigenvalue weighted by Crippen LogP contribution is -2.15. The lowest BCUT2D eigenvalue weighted by molar-refractivity contribution is 0.102. The van der Waals surface area contributed by atoms with Gasteiger partial charge in [0.2, 0.25) is 0 Å². The number of nitrogens with zero attached hydrogens (tertiary/aromatic N) is 2. The van der Waals surface area contributed by atoms with Crippen molar-refractivity contribution in [2.45, 2.75) is 25.7 Å². The fourth-order valence-electron chi connectivity index (χ4n) is 2.95. The molecule has 3 rings (SSSR count). The quantitative estimate of drug-likeness (QED) is 0.642. The number of sulfone groups is 1. The van der Waals surface area contributed by atoms with Crippen molar-refractivity contribution in [3.05, 3.63) is 65.5 Å². The molecule has 0 aliphatic heterocycles. The number of para-hydroxylation sites is 1. The Morgan fingerprint density at radius 2 is 1.82 bits per heavy atom. The van der Waals surface area contributed by atoms with Crippen LogP contribution in [0.4, 0.5) is 5.69 Å². The Hall–Kier alpha value is -3.13. The van der Waals surface area contributed by atoms with Crippen molar-refractivity contribution in [3.8, 4) is 11.4 Å². The number of phenols is 1. The first kappa shape index (κ1) is 19.6. The molecule has 0 bridgehead atoms. The van der Waals surface area contributed by atoms with Crippen molar-refractivity contribution < 1.29 is 18.3 Å². The average Bonchev–Trinajstić information content (AvgIpc) is 2.98. The predicted octanol–water partition coefficient (Wildman–Crippen LogP) is 3.24. The van der Waals surface area contributed by atoms with Gasteiger partial charge in [-0.05, 0) is 44.2 Å². The molecule has 0 saturated carbocycles. The van der Waals surface area contributed by atoms with Crippen molar-refractivity contribution in [1.82, 2.24) is 9.78 Å². The molecule has 0 radical (unpaired) electrons. The zero-order valence-electron chi connectivity index (χ0n) is 15.8. The minimum absolute atomic E-state index is 0.0331. The molecule has 3 aromatic rings. The van der Waals surface area contributed by atoms with E-state index >= 15 is 0 Å². The molecular weight excluding hydrogens is 378 g/mol. The summed E-state index contributed by atoms with van der Waals surface area (Å²) in [5.41, 5.74) is 2.38. The maximum atomic E-state index is 12.9. The van der Waals surface area contributed by atoms with E-state index in [2.05, 4.69) is 10.4 Å². The van der Waals surface area contributed by atoms with Crippen LogP contribution in [0.2, 0.25) is 0 Å². The number of carbonyl (C=O) groups is 1. The van der Waals surface area contributed by atoms with E-state index in [0.29, 0.717) is 17.0 Å². The molecule has 28 heavy (non-hydrogen) atoms. The number of amides is 1. The number of aromatic nitrogens is 2. The number of aryl methyl sites for hydroxylation is 1. The van der Waals surface area contributed by atoms with Crippen molar-refractivity contribution in [2.24, 2.45) is 0 Å². The van der Waals surface area contributed by atoms with Gasteiger partial charge < -0.3 is 10.4 Å². The molecule has 0 fully saturated rings. The number of aromatic hydroxyl groups is 1. The third-order valence-electron chi connectivity index (χ3n) is 4.47. The van der Waals surface area contributed by atoms with Gasteiger partial charge in [0.1, 0.15) is 5.75 Å². The summed E-state index contributed by atoms with van der Waals surface area (Å²) < 4.78 is 25.8. The van der Waals surface area contributed by atoms with Gasteiger partial charge in [-0.1, -0.05) is 25.1 Å². The lowest BCUT2D eigenvalue weighted by atomic mass is 10.1. The fourth-order valence-corrected chi connectivity index (χ4v) is 3.86. The highest BCUT2D eigenvalue weighted by Crippen LogP contribution is 2.28. The molecule has 0 aliphatic rings. The standard InChI is InChI=1S/C20H21N3O4S/c1-4-28(26,27)16-10-11-18(24)17(12-16)21-20(25)19-13(2)22-23(14(19)3)15-8-6-5-7-9-15/h5-12,24H,4H2,1-3H3,(H,21,25). The first-order valence-corrected chi connectivity index (χ1v) is 10.4. The second kappa shape index (κ2) is 7.47. The topological polar surface area (TPSA) is 101 Å². The van der Waals surface area contributed by atoms with Crippen LogP contribution in [-0.2, 0) is 9.84 Å². The molecule has 8 heteroatoms. The number of nitrogens with one attached hydrogen (secondary N) is 1. The molecule has 1 amide bonds. The lowest BCUT2D eigenvalue weighted by Gasteiger charge is -2.10. The van der Waals surface area contributed by atoms with Crippen molar-refractivity contribution in [3.63, 3.8) is 0 Å². The Bertz CT molecular complexity index is 1140. The molecule has 0 saturated heterocycles. The predicted molar refractivity (Wildman–Crippen MR) is 107 cm³/mol.